The number of halogens is 1. The smallest absolute Gasteiger partial charge is 0.230 e. The number of nitrogens with one attached hydrogen (secondary N) is 1. The fourth-order valence-corrected chi connectivity index (χ4v) is 3.30. The first kappa shape index (κ1) is 19.1. The highest BCUT2D eigenvalue weighted by atomic mass is 32.2. The first-order valence-electron chi connectivity index (χ1n) is 8.54. The highest BCUT2D eigenvalue weighted by Gasteiger charge is 2.19. The van der Waals surface area contributed by atoms with Gasteiger partial charge in [-0.15, -0.1) is 10.2 Å². The maximum Gasteiger partial charge on any atom is 0.230 e. The first-order chi connectivity index (χ1) is 12.8. The fourth-order valence-electron chi connectivity index (χ4n) is 2.54. The van der Waals surface area contributed by atoms with Crippen LogP contribution in [0.5, 0.6) is 0 Å². The van der Waals surface area contributed by atoms with Crippen molar-refractivity contribution in [3.05, 3.63) is 60.4 Å². The second kappa shape index (κ2) is 7.92. The Morgan fingerprint density at radius 1 is 1.07 bits per heavy atom. The van der Waals surface area contributed by atoms with E-state index in [-0.39, 0.29) is 23.0 Å². The summed E-state index contributed by atoms with van der Waals surface area (Å²) < 4.78 is 15.2. The molecule has 0 unspecified atom stereocenters. The number of hydrogen-bond acceptors (Lipinski definition) is 4. The van der Waals surface area contributed by atoms with Crippen LogP contribution in [-0.2, 0) is 4.79 Å². The fraction of sp³-hybridized carbons (Fsp3) is 0.250. The molecule has 1 aromatic heterocycles. The SMILES string of the molecule is CC(C)(C)NC(=O)CSc1nnc(-c2ccccc2)n1-c1ccc(F)cc1. The Hall–Kier alpha value is -2.67. The third-order valence-corrected chi connectivity index (χ3v) is 4.53. The van der Waals surface area contributed by atoms with Crippen molar-refractivity contribution in [1.29, 1.82) is 0 Å². The number of rotatable bonds is 5. The highest BCUT2D eigenvalue weighted by Crippen LogP contribution is 2.28. The van der Waals surface area contributed by atoms with Gasteiger partial charge in [0.15, 0.2) is 11.0 Å². The molecule has 1 N–H and O–H groups in total. The summed E-state index contributed by atoms with van der Waals surface area (Å²) in [7, 11) is 0. The molecule has 0 atom stereocenters. The van der Waals surface area contributed by atoms with Crippen molar-refractivity contribution in [2.24, 2.45) is 0 Å². The number of thioether (sulfide) groups is 1. The zero-order chi connectivity index (χ0) is 19.4. The molecule has 0 saturated heterocycles. The van der Waals surface area contributed by atoms with Crippen LogP contribution in [0, 0.1) is 5.82 Å². The monoisotopic (exact) mass is 384 g/mol. The Morgan fingerprint density at radius 2 is 1.74 bits per heavy atom. The van der Waals surface area contributed by atoms with Gasteiger partial charge in [-0.25, -0.2) is 4.39 Å². The molecule has 2 aromatic carbocycles. The normalized spacial score (nSPS) is 11.4. The highest BCUT2D eigenvalue weighted by molar-refractivity contribution is 7.99. The molecular formula is C20H21FN4OS. The van der Waals surface area contributed by atoms with Crippen molar-refractivity contribution >= 4 is 17.7 Å². The molecule has 0 aliphatic rings. The lowest BCUT2D eigenvalue weighted by atomic mass is 10.1. The number of aromatic nitrogens is 3. The zero-order valence-corrected chi connectivity index (χ0v) is 16.3. The molecule has 0 bridgehead atoms. The van der Waals surface area contributed by atoms with Gasteiger partial charge in [-0.2, -0.15) is 0 Å². The average Bonchev–Trinajstić information content (AvgIpc) is 3.04. The number of carbonyl (C=O) groups is 1. The summed E-state index contributed by atoms with van der Waals surface area (Å²) in [4.78, 5) is 12.2. The number of carbonyl (C=O) groups excluding carboxylic acids is 1. The molecule has 7 heteroatoms. The molecule has 140 valence electrons. The number of nitrogens with zero attached hydrogens (tertiary/aromatic N) is 3. The predicted octanol–water partition coefficient (Wildman–Crippen LogP) is 4.08. The summed E-state index contributed by atoms with van der Waals surface area (Å²) in [5, 5.41) is 12.1. The summed E-state index contributed by atoms with van der Waals surface area (Å²) in [5.74, 6) is 0.459. The molecule has 3 aromatic rings. The standard InChI is InChI=1S/C20H21FN4OS/c1-20(2,3)22-17(26)13-27-19-24-23-18(14-7-5-4-6-8-14)25(19)16-11-9-15(21)10-12-16/h4-12H,13H2,1-3H3,(H,22,26). The van der Waals surface area contributed by atoms with Gasteiger partial charge >= 0.3 is 0 Å². The van der Waals surface area contributed by atoms with Crippen LogP contribution < -0.4 is 5.32 Å². The summed E-state index contributed by atoms with van der Waals surface area (Å²) in [6.45, 7) is 5.80. The molecule has 27 heavy (non-hydrogen) atoms. The molecular weight excluding hydrogens is 363 g/mol. The van der Waals surface area contributed by atoms with E-state index in [1.54, 1.807) is 12.1 Å². The molecule has 0 aliphatic carbocycles. The van der Waals surface area contributed by atoms with Crippen molar-refractivity contribution in [3.63, 3.8) is 0 Å². The van der Waals surface area contributed by atoms with Gasteiger partial charge in [0.25, 0.3) is 0 Å². The minimum Gasteiger partial charge on any atom is -0.351 e. The Morgan fingerprint density at radius 3 is 2.37 bits per heavy atom. The van der Waals surface area contributed by atoms with Gasteiger partial charge in [-0.05, 0) is 45.0 Å². The number of benzene rings is 2. The average molecular weight is 384 g/mol. The third-order valence-electron chi connectivity index (χ3n) is 3.60. The van der Waals surface area contributed by atoms with Gasteiger partial charge in [-0.1, -0.05) is 42.1 Å². The molecule has 0 spiro atoms. The van der Waals surface area contributed by atoms with Crippen molar-refractivity contribution in [2.45, 2.75) is 31.5 Å². The molecule has 0 radical (unpaired) electrons. The van der Waals surface area contributed by atoms with E-state index < -0.39 is 0 Å². The van der Waals surface area contributed by atoms with Gasteiger partial charge < -0.3 is 5.32 Å². The minimum atomic E-state index is -0.313. The van der Waals surface area contributed by atoms with Gasteiger partial charge in [0, 0.05) is 16.8 Å². The second-order valence-electron chi connectivity index (χ2n) is 7.07. The minimum absolute atomic E-state index is 0.0811. The quantitative estimate of drug-likeness (QED) is 0.674. The topological polar surface area (TPSA) is 59.8 Å². The van der Waals surface area contributed by atoms with Crippen LogP contribution >= 0.6 is 11.8 Å². The molecule has 1 heterocycles. The van der Waals surface area contributed by atoms with Crippen LogP contribution in [0.15, 0.2) is 59.8 Å². The Labute approximate surface area is 162 Å². The first-order valence-corrected chi connectivity index (χ1v) is 9.53. The zero-order valence-electron chi connectivity index (χ0n) is 15.4. The van der Waals surface area contributed by atoms with Crippen molar-refractivity contribution < 1.29 is 9.18 Å². The Kier molecular flexibility index (Phi) is 5.60. The molecule has 0 aliphatic heterocycles. The van der Waals surface area contributed by atoms with Crippen molar-refractivity contribution in [3.8, 4) is 17.1 Å². The van der Waals surface area contributed by atoms with Crippen LogP contribution in [0.1, 0.15) is 20.8 Å². The summed E-state index contributed by atoms with van der Waals surface area (Å²) in [5.41, 5.74) is 1.33. The van der Waals surface area contributed by atoms with Crippen molar-refractivity contribution in [2.75, 3.05) is 5.75 Å². The van der Waals surface area contributed by atoms with Crippen LogP contribution in [0.4, 0.5) is 4.39 Å². The van der Waals surface area contributed by atoms with E-state index in [0.717, 1.165) is 11.3 Å². The van der Waals surface area contributed by atoms with Gasteiger partial charge in [0.1, 0.15) is 5.82 Å². The maximum absolute atomic E-state index is 13.4. The van der Waals surface area contributed by atoms with E-state index in [9.17, 15) is 9.18 Å². The summed E-state index contributed by atoms with van der Waals surface area (Å²) >= 11 is 1.29. The van der Waals surface area contributed by atoms with Gasteiger partial charge in [-0.3, -0.25) is 9.36 Å². The second-order valence-corrected chi connectivity index (χ2v) is 8.01. The van der Waals surface area contributed by atoms with Gasteiger partial charge in [0.2, 0.25) is 5.91 Å². The lowest BCUT2D eigenvalue weighted by Gasteiger charge is -2.20. The Bertz CT molecular complexity index is 917. The van der Waals surface area contributed by atoms with E-state index in [0.29, 0.717) is 11.0 Å². The van der Waals surface area contributed by atoms with Crippen LogP contribution in [-0.4, -0.2) is 32.0 Å². The Balaban J connectivity index is 1.93. The number of amides is 1. The van der Waals surface area contributed by atoms with E-state index in [2.05, 4.69) is 15.5 Å². The van der Waals surface area contributed by atoms with E-state index >= 15 is 0 Å². The third kappa shape index (κ3) is 4.95. The lowest BCUT2D eigenvalue weighted by Crippen LogP contribution is -2.41. The molecule has 0 saturated carbocycles. The molecule has 0 fully saturated rings. The molecule has 5 nitrogen and oxygen atoms in total. The number of hydrogen-bond donors (Lipinski definition) is 1. The predicted molar refractivity (Wildman–Crippen MR) is 105 cm³/mol. The van der Waals surface area contributed by atoms with E-state index in [1.165, 1.54) is 23.9 Å². The summed E-state index contributed by atoms with van der Waals surface area (Å²) in [6, 6.07) is 15.8. The summed E-state index contributed by atoms with van der Waals surface area (Å²) in [6.07, 6.45) is 0. The van der Waals surface area contributed by atoms with Crippen molar-refractivity contribution in [1.82, 2.24) is 20.1 Å². The van der Waals surface area contributed by atoms with Crippen LogP contribution in [0.25, 0.3) is 17.1 Å². The maximum atomic E-state index is 13.4. The largest absolute Gasteiger partial charge is 0.351 e. The lowest BCUT2D eigenvalue weighted by molar-refractivity contribution is -0.119. The van der Waals surface area contributed by atoms with E-state index in [4.69, 9.17) is 0 Å². The van der Waals surface area contributed by atoms with Crippen LogP contribution in [0.2, 0.25) is 0 Å². The molecule has 1 amide bonds. The van der Waals surface area contributed by atoms with Gasteiger partial charge in [0.05, 0.1) is 5.75 Å². The van der Waals surface area contributed by atoms with E-state index in [1.807, 2.05) is 55.7 Å². The van der Waals surface area contributed by atoms with Crippen LogP contribution in [0.3, 0.4) is 0 Å². The molecule has 3 rings (SSSR count).